The summed E-state index contributed by atoms with van der Waals surface area (Å²) in [6, 6.07) is 15.0. The van der Waals surface area contributed by atoms with Crippen LogP contribution >= 0.6 is 0 Å². The molecule has 1 amide bonds. The van der Waals surface area contributed by atoms with E-state index in [2.05, 4.69) is 10.8 Å². The van der Waals surface area contributed by atoms with E-state index >= 15 is 0 Å². The summed E-state index contributed by atoms with van der Waals surface area (Å²) in [5.74, 6) is 0.306. The number of likely N-dealkylation sites (tertiary alicyclic amines) is 1. The van der Waals surface area contributed by atoms with Crippen LogP contribution < -0.4 is 4.72 Å². The molecule has 1 saturated heterocycles. The number of aryl methyl sites for hydroxylation is 1. The van der Waals surface area contributed by atoms with Crippen molar-refractivity contribution in [3.8, 4) is 6.07 Å². The number of sulfonamides is 1. The lowest BCUT2D eigenvalue weighted by molar-refractivity contribution is 0.0713. The van der Waals surface area contributed by atoms with Gasteiger partial charge in [-0.1, -0.05) is 18.2 Å². The van der Waals surface area contributed by atoms with Gasteiger partial charge in [-0.05, 0) is 73.9 Å². The zero-order chi connectivity index (χ0) is 21.3. The molecule has 6 nitrogen and oxygen atoms in total. The molecule has 2 fully saturated rings. The van der Waals surface area contributed by atoms with Crippen LogP contribution in [0.25, 0.3) is 0 Å². The molecule has 2 aliphatic rings. The van der Waals surface area contributed by atoms with Crippen LogP contribution in [0.2, 0.25) is 0 Å². The number of carbonyl (C=O) groups excluding carboxylic acids is 1. The number of hydrogen-bond acceptors (Lipinski definition) is 4. The zero-order valence-electron chi connectivity index (χ0n) is 17.0. The third kappa shape index (κ3) is 4.34. The van der Waals surface area contributed by atoms with Gasteiger partial charge in [0, 0.05) is 18.7 Å². The number of hydrogen-bond donors (Lipinski definition) is 1. The van der Waals surface area contributed by atoms with Crippen LogP contribution in [0.15, 0.2) is 42.5 Å². The summed E-state index contributed by atoms with van der Waals surface area (Å²) in [6.07, 6.45) is 3.12. The van der Waals surface area contributed by atoms with Crippen molar-refractivity contribution in [2.24, 2.45) is 0 Å². The number of piperidine rings is 1. The number of amides is 1. The average Bonchev–Trinajstić information content (AvgIpc) is 3.61. The molecule has 4 rings (SSSR count). The number of nitrogens with one attached hydrogen (secondary N) is 1. The molecule has 0 atom stereocenters. The van der Waals surface area contributed by atoms with Gasteiger partial charge in [0.05, 0.1) is 22.6 Å². The molecule has 1 heterocycles. The lowest BCUT2D eigenvalue weighted by Crippen LogP contribution is -2.38. The van der Waals surface area contributed by atoms with Gasteiger partial charge in [0.25, 0.3) is 5.91 Å². The molecule has 1 N–H and O–H groups in total. The highest BCUT2D eigenvalue weighted by Crippen LogP contribution is 2.32. The fourth-order valence-electron chi connectivity index (χ4n) is 3.91. The van der Waals surface area contributed by atoms with Gasteiger partial charge < -0.3 is 4.90 Å². The SMILES string of the molecule is Cc1ccc(C(=O)N2CCC(c3ccc(C#N)cc3)CC2)cc1NS(=O)(=O)C1CC1. The third-order valence-corrected chi connectivity index (χ3v) is 7.85. The lowest BCUT2D eigenvalue weighted by atomic mass is 9.89. The first kappa shape index (κ1) is 20.4. The van der Waals surface area contributed by atoms with Gasteiger partial charge in [-0.3, -0.25) is 9.52 Å². The second-order valence-electron chi connectivity index (χ2n) is 8.18. The standard InChI is InChI=1S/C23H25N3O3S/c1-16-2-5-20(14-22(16)25-30(28,29)21-8-9-21)23(27)26-12-10-19(11-13-26)18-6-3-17(15-24)4-7-18/h2-7,14,19,21,25H,8-13H2,1H3. The summed E-state index contributed by atoms with van der Waals surface area (Å²) in [6.45, 7) is 3.14. The summed E-state index contributed by atoms with van der Waals surface area (Å²) in [4.78, 5) is 14.9. The van der Waals surface area contributed by atoms with Crippen LogP contribution in [0.5, 0.6) is 0 Å². The average molecular weight is 424 g/mol. The smallest absolute Gasteiger partial charge is 0.253 e. The minimum atomic E-state index is -3.37. The number of nitrogens with zero attached hydrogens (tertiary/aromatic N) is 2. The molecule has 1 aliphatic carbocycles. The van der Waals surface area contributed by atoms with Crippen LogP contribution in [0, 0.1) is 18.3 Å². The Labute approximate surface area is 177 Å². The number of anilines is 1. The first-order chi connectivity index (χ1) is 14.4. The fourth-order valence-corrected chi connectivity index (χ4v) is 5.36. The van der Waals surface area contributed by atoms with Gasteiger partial charge in [0.1, 0.15) is 0 Å². The summed E-state index contributed by atoms with van der Waals surface area (Å²) in [5, 5.41) is 8.63. The molecule has 1 aliphatic heterocycles. The zero-order valence-corrected chi connectivity index (χ0v) is 17.8. The number of nitriles is 1. The Bertz CT molecular complexity index is 1090. The van der Waals surface area contributed by atoms with Crippen molar-refractivity contribution in [1.82, 2.24) is 4.90 Å². The monoisotopic (exact) mass is 423 g/mol. The van der Waals surface area contributed by atoms with E-state index in [4.69, 9.17) is 5.26 Å². The van der Waals surface area contributed by atoms with Gasteiger partial charge in [-0.15, -0.1) is 0 Å². The van der Waals surface area contributed by atoms with Crippen molar-refractivity contribution in [2.75, 3.05) is 17.8 Å². The Morgan fingerprint density at radius 1 is 1.07 bits per heavy atom. The molecule has 2 aromatic carbocycles. The second-order valence-corrected chi connectivity index (χ2v) is 10.1. The molecule has 1 saturated carbocycles. The topological polar surface area (TPSA) is 90.3 Å². The molecule has 0 bridgehead atoms. The van der Waals surface area contributed by atoms with E-state index in [9.17, 15) is 13.2 Å². The second kappa shape index (κ2) is 8.11. The number of rotatable bonds is 5. The minimum Gasteiger partial charge on any atom is -0.339 e. The minimum absolute atomic E-state index is 0.0693. The van der Waals surface area contributed by atoms with Gasteiger partial charge in [-0.25, -0.2) is 8.42 Å². The van der Waals surface area contributed by atoms with Crippen molar-refractivity contribution in [3.63, 3.8) is 0 Å². The molecule has 0 radical (unpaired) electrons. The van der Waals surface area contributed by atoms with Gasteiger partial charge in [0.2, 0.25) is 10.0 Å². The van der Waals surface area contributed by atoms with Crippen LogP contribution in [0.3, 0.4) is 0 Å². The van der Waals surface area contributed by atoms with E-state index in [0.717, 1.165) is 18.4 Å². The number of carbonyl (C=O) groups is 1. The lowest BCUT2D eigenvalue weighted by Gasteiger charge is -2.32. The third-order valence-electron chi connectivity index (χ3n) is 5.99. The fraction of sp³-hybridized carbons (Fsp3) is 0.391. The van der Waals surface area contributed by atoms with Crippen molar-refractivity contribution >= 4 is 21.6 Å². The molecule has 0 unspecified atom stereocenters. The van der Waals surface area contributed by atoms with E-state index in [1.165, 1.54) is 5.56 Å². The predicted molar refractivity (Wildman–Crippen MR) is 116 cm³/mol. The number of benzene rings is 2. The summed E-state index contributed by atoms with van der Waals surface area (Å²) >= 11 is 0. The maximum Gasteiger partial charge on any atom is 0.253 e. The molecule has 156 valence electrons. The summed E-state index contributed by atoms with van der Waals surface area (Å²) in [5.41, 5.74) is 3.65. The summed E-state index contributed by atoms with van der Waals surface area (Å²) in [7, 11) is -3.37. The normalized spacial score (nSPS) is 17.4. The Hall–Kier alpha value is -2.85. The van der Waals surface area contributed by atoms with Crippen LogP contribution in [0.1, 0.15) is 58.6 Å². The molecule has 30 heavy (non-hydrogen) atoms. The first-order valence-electron chi connectivity index (χ1n) is 10.3. The van der Waals surface area contributed by atoms with Gasteiger partial charge >= 0.3 is 0 Å². The largest absolute Gasteiger partial charge is 0.339 e. The Morgan fingerprint density at radius 2 is 1.73 bits per heavy atom. The summed E-state index contributed by atoms with van der Waals surface area (Å²) < 4.78 is 27.2. The van der Waals surface area contributed by atoms with E-state index in [1.54, 1.807) is 18.2 Å². The van der Waals surface area contributed by atoms with Crippen molar-refractivity contribution in [3.05, 3.63) is 64.7 Å². The Balaban J connectivity index is 1.42. The quantitative estimate of drug-likeness (QED) is 0.792. The van der Waals surface area contributed by atoms with Crippen molar-refractivity contribution in [2.45, 2.75) is 43.8 Å². The predicted octanol–water partition coefficient (Wildman–Crippen LogP) is 3.79. The van der Waals surface area contributed by atoms with Gasteiger partial charge in [-0.2, -0.15) is 5.26 Å². The maximum absolute atomic E-state index is 13.0. The first-order valence-corrected chi connectivity index (χ1v) is 11.8. The highest BCUT2D eigenvalue weighted by molar-refractivity contribution is 7.93. The molecular weight excluding hydrogens is 398 g/mol. The van der Waals surface area contributed by atoms with E-state index < -0.39 is 10.0 Å². The van der Waals surface area contributed by atoms with Crippen LogP contribution in [0.4, 0.5) is 5.69 Å². The highest BCUT2D eigenvalue weighted by atomic mass is 32.2. The van der Waals surface area contributed by atoms with Gasteiger partial charge in [0.15, 0.2) is 0 Å². The molecule has 0 aromatic heterocycles. The van der Waals surface area contributed by atoms with Crippen LogP contribution in [-0.4, -0.2) is 37.6 Å². The maximum atomic E-state index is 13.0. The van der Waals surface area contributed by atoms with E-state index in [1.807, 2.05) is 36.1 Å². The molecule has 7 heteroatoms. The molecule has 2 aromatic rings. The molecule has 0 spiro atoms. The van der Waals surface area contributed by atoms with Crippen molar-refractivity contribution < 1.29 is 13.2 Å². The highest BCUT2D eigenvalue weighted by Gasteiger charge is 2.36. The Morgan fingerprint density at radius 3 is 2.33 bits per heavy atom. The Kier molecular flexibility index (Phi) is 5.52. The van der Waals surface area contributed by atoms with E-state index in [-0.39, 0.29) is 11.2 Å². The van der Waals surface area contributed by atoms with Crippen LogP contribution in [-0.2, 0) is 10.0 Å². The molecular formula is C23H25N3O3S. The van der Waals surface area contributed by atoms with E-state index in [0.29, 0.717) is 48.7 Å². The van der Waals surface area contributed by atoms with Crippen molar-refractivity contribution in [1.29, 1.82) is 5.26 Å².